The molecule has 0 unspecified atom stereocenters. The summed E-state index contributed by atoms with van der Waals surface area (Å²) in [6.45, 7) is 3.88. The Bertz CT molecular complexity index is 1010. The Kier molecular flexibility index (Phi) is 7.10. The number of Topliss-reactive ketones (excluding diaryl/α,β-unsaturated/α-hetero) is 1. The molecule has 0 atom stereocenters. The second-order valence-corrected chi connectivity index (χ2v) is 7.57. The van der Waals surface area contributed by atoms with Gasteiger partial charge in [-0.25, -0.2) is 4.98 Å². The summed E-state index contributed by atoms with van der Waals surface area (Å²) in [6, 6.07) is 16.6. The van der Waals surface area contributed by atoms with E-state index in [-0.39, 0.29) is 18.1 Å². The van der Waals surface area contributed by atoms with E-state index in [1.807, 2.05) is 50.2 Å². The second kappa shape index (κ2) is 9.77. The lowest BCUT2D eigenvalue weighted by Gasteiger charge is -2.11. The number of carbonyl (C=O) groups excluding carboxylic acids is 1. The van der Waals surface area contributed by atoms with Crippen molar-refractivity contribution in [2.24, 2.45) is 0 Å². The normalized spacial score (nSPS) is 11.5. The van der Waals surface area contributed by atoms with Crippen LogP contribution in [-0.4, -0.2) is 16.9 Å². The number of aryl methyl sites for hydroxylation is 1. The molecule has 0 spiro atoms. The van der Waals surface area contributed by atoms with Gasteiger partial charge in [0.25, 0.3) is 0 Å². The molecule has 0 N–H and O–H groups in total. The van der Waals surface area contributed by atoms with Gasteiger partial charge in [0.1, 0.15) is 0 Å². The van der Waals surface area contributed by atoms with Gasteiger partial charge < -0.3 is 4.74 Å². The van der Waals surface area contributed by atoms with Gasteiger partial charge in [-0.3, -0.25) is 4.79 Å². The van der Waals surface area contributed by atoms with Crippen molar-refractivity contribution in [3.05, 3.63) is 83.6 Å². The molecular weight excluding hydrogens is 403 g/mol. The average molecular weight is 427 g/mol. The first-order chi connectivity index (χ1) is 14.7. The summed E-state index contributed by atoms with van der Waals surface area (Å²) in [5.41, 5.74) is 1.85. The maximum absolute atomic E-state index is 13.1. The van der Waals surface area contributed by atoms with Crippen molar-refractivity contribution in [3.8, 4) is 17.0 Å². The first-order valence-electron chi connectivity index (χ1n) is 10.2. The Labute approximate surface area is 179 Å². The molecule has 0 aliphatic rings. The minimum atomic E-state index is -4.53. The smallest absolute Gasteiger partial charge is 0.417 e. The van der Waals surface area contributed by atoms with Crippen LogP contribution in [0.25, 0.3) is 11.1 Å². The van der Waals surface area contributed by atoms with Crippen molar-refractivity contribution in [1.29, 1.82) is 0 Å². The first-order valence-corrected chi connectivity index (χ1v) is 10.2. The Morgan fingerprint density at radius 2 is 1.65 bits per heavy atom. The fourth-order valence-electron chi connectivity index (χ4n) is 3.29. The summed E-state index contributed by atoms with van der Waals surface area (Å²) < 4.78 is 44.8. The van der Waals surface area contributed by atoms with Crippen molar-refractivity contribution in [3.63, 3.8) is 0 Å². The molecule has 1 aromatic heterocycles. The van der Waals surface area contributed by atoms with Gasteiger partial charge in [-0.05, 0) is 49.9 Å². The molecule has 0 amide bonds. The fraction of sp³-hybridized carbons (Fsp3) is 0.280. The number of alkyl halides is 3. The topological polar surface area (TPSA) is 39.2 Å². The van der Waals surface area contributed by atoms with Crippen LogP contribution in [0.3, 0.4) is 0 Å². The minimum absolute atomic E-state index is 0.0615. The van der Waals surface area contributed by atoms with E-state index in [0.29, 0.717) is 18.7 Å². The monoisotopic (exact) mass is 427 g/mol. The standard InChI is InChI=1S/C25H24F3NO2/c1-17(2)31-24-15-14-20(16-29-24)19-12-10-18(11-13-19)6-5-9-23(30)21-7-3-4-8-22(21)25(26,27)28/h3-4,7-8,10-17H,5-6,9H2,1-2H3. The van der Waals surface area contributed by atoms with Crippen LogP contribution in [0.15, 0.2) is 66.9 Å². The van der Waals surface area contributed by atoms with Crippen LogP contribution < -0.4 is 4.74 Å². The molecule has 1 heterocycles. The van der Waals surface area contributed by atoms with Crippen molar-refractivity contribution in [2.75, 3.05) is 0 Å². The molecule has 0 saturated heterocycles. The number of hydrogen-bond donors (Lipinski definition) is 0. The number of ether oxygens (including phenoxy) is 1. The molecule has 6 heteroatoms. The van der Waals surface area contributed by atoms with Gasteiger partial charge in [0.05, 0.1) is 11.7 Å². The van der Waals surface area contributed by atoms with Crippen LogP contribution in [0.4, 0.5) is 13.2 Å². The lowest BCUT2D eigenvalue weighted by Crippen LogP contribution is -2.13. The summed E-state index contributed by atoms with van der Waals surface area (Å²) in [5.74, 6) is 0.0893. The van der Waals surface area contributed by atoms with Gasteiger partial charge in [0.2, 0.25) is 5.88 Å². The number of nitrogens with zero attached hydrogens (tertiary/aromatic N) is 1. The summed E-state index contributed by atoms with van der Waals surface area (Å²) in [7, 11) is 0. The molecule has 0 saturated carbocycles. The van der Waals surface area contributed by atoms with Crippen LogP contribution >= 0.6 is 0 Å². The van der Waals surface area contributed by atoms with E-state index < -0.39 is 17.5 Å². The molecule has 0 radical (unpaired) electrons. The van der Waals surface area contributed by atoms with Gasteiger partial charge >= 0.3 is 6.18 Å². The second-order valence-electron chi connectivity index (χ2n) is 7.57. The van der Waals surface area contributed by atoms with E-state index in [4.69, 9.17) is 4.74 Å². The molecule has 3 nitrogen and oxygen atoms in total. The van der Waals surface area contributed by atoms with E-state index in [9.17, 15) is 18.0 Å². The minimum Gasteiger partial charge on any atom is -0.475 e. The summed E-state index contributed by atoms with van der Waals surface area (Å²) in [4.78, 5) is 16.6. The quantitative estimate of drug-likeness (QED) is 0.373. The van der Waals surface area contributed by atoms with Crippen molar-refractivity contribution < 1.29 is 22.7 Å². The van der Waals surface area contributed by atoms with Crippen LogP contribution in [-0.2, 0) is 12.6 Å². The molecule has 3 aromatic rings. The highest BCUT2D eigenvalue weighted by Crippen LogP contribution is 2.32. The molecule has 0 aliphatic carbocycles. The maximum atomic E-state index is 13.1. The molecule has 0 bridgehead atoms. The Hall–Kier alpha value is -3.15. The number of halogens is 3. The number of benzene rings is 2. The van der Waals surface area contributed by atoms with Crippen LogP contribution in [0.5, 0.6) is 5.88 Å². The zero-order valence-corrected chi connectivity index (χ0v) is 17.4. The maximum Gasteiger partial charge on any atom is 0.417 e. The lowest BCUT2D eigenvalue weighted by atomic mass is 9.97. The molecule has 162 valence electrons. The highest BCUT2D eigenvalue weighted by molar-refractivity contribution is 5.97. The first kappa shape index (κ1) is 22.5. The van der Waals surface area contributed by atoms with Crippen molar-refractivity contribution >= 4 is 5.78 Å². The fourth-order valence-corrected chi connectivity index (χ4v) is 3.29. The molecule has 2 aromatic carbocycles. The van der Waals surface area contributed by atoms with Crippen molar-refractivity contribution in [2.45, 2.75) is 45.4 Å². The largest absolute Gasteiger partial charge is 0.475 e. The summed E-state index contributed by atoms with van der Waals surface area (Å²) in [6.07, 6.45) is -1.56. The average Bonchev–Trinajstić information content (AvgIpc) is 2.74. The predicted octanol–water partition coefficient (Wildman–Crippen LogP) is 6.76. The number of hydrogen-bond acceptors (Lipinski definition) is 3. The van der Waals surface area contributed by atoms with Gasteiger partial charge in [0, 0.05) is 29.8 Å². The Balaban J connectivity index is 1.57. The van der Waals surface area contributed by atoms with Gasteiger partial charge in [-0.1, -0.05) is 42.5 Å². The summed E-state index contributed by atoms with van der Waals surface area (Å²) in [5, 5.41) is 0. The Morgan fingerprint density at radius 1 is 0.968 bits per heavy atom. The van der Waals surface area contributed by atoms with E-state index in [2.05, 4.69) is 4.98 Å². The molecule has 0 fully saturated rings. The SMILES string of the molecule is CC(C)Oc1ccc(-c2ccc(CCCC(=O)c3ccccc3C(F)(F)F)cc2)cn1. The summed E-state index contributed by atoms with van der Waals surface area (Å²) >= 11 is 0. The third-order valence-electron chi connectivity index (χ3n) is 4.78. The number of carbonyl (C=O) groups is 1. The molecule has 3 rings (SSSR count). The predicted molar refractivity (Wildman–Crippen MR) is 114 cm³/mol. The van der Waals surface area contributed by atoms with E-state index in [0.717, 1.165) is 22.8 Å². The van der Waals surface area contributed by atoms with E-state index in [1.165, 1.54) is 18.2 Å². The van der Waals surface area contributed by atoms with Crippen LogP contribution in [0.1, 0.15) is 48.2 Å². The van der Waals surface area contributed by atoms with Gasteiger partial charge in [0.15, 0.2) is 5.78 Å². The lowest BCUT2D eigenvalue weighted by molar-refractivity contribution is -0.137. The third kappa shape index (κ3) is 6.17. The van der Waals surface area contributed by atoms with E-state index >= 15 is 0 Å². The Morgan fingerprint density at radius 3 is 2.26 bits per heavy atom. The van der Waals surface area contributed by atoms with Crippen molar-refractivity contribution in [1.82, 2.24) is 4.98 Å². The third-order valence-corrected chi connectivity index (χ3v) is 4.78. The molecular formula is C25H24F3NO2. The van der Waals surface area contributed by atoms with Crippen LogP contribution in [0.2, 0.25) is 0 Å². The number of rotatable bonds is 8. The van der Waals surface area contributed by atoms with E-state index in [1.54, 1.807) is 6.20 Å². The number of ketones is 1. The number of aromatic nitrogens is 1. The van der Waals surface area contributed by atoms with Gasteiger partial charge in [-0.2, -0.15) is 13.2 Å². The zero-order chi connectivity index (χ0) is 22.4. The number of pyridine rings is 1. The highest BCUT2D eigenvalue weighted by Gasteiger charge is 2.34. The molecule has 0 aliphatic heterocycles. The van der Waals surface area contributed by atoms with Gasteiger partial charge in [-0.15, -0.1) is 0 Å². The highest BCUT2D eigenvalue weighted by atomic mass is 19.4. The zero-order valence-electron chi connectivity index (χ0n) is 17.4. The molecule has 31 heavy (non-hydrogen) atoms. The van der Waals surface area contributed by atoms with Crippen LogP contribution in [0, 0.1) is 0 Å².